The van der Waals surface area contributed by atoms with E-state index in [1.165, 1.54) is 0 Å². The molecule has 1 saturated heterocycles. The predicted octanol–water partition coefficient (Wildman–Crippen LogP) is 2.60. The van der Waals surface area contributed by atoms with Crippen LogP contribution in [0.15, 0.2) is 30.3 Å². The third kappa shape index (κ3) is 3.36. The van der Waals surface area contributed by atoms with Crippen molar-refractivity contribution in [2.45, 2.75) is 37.5 Å². The summed E-state index contributed by atoms with van der Waals surface area (Å²) in [6.07, 6.45) is 1.01. The van der Waals surface area contributed by atoms with Crippen LogP contribution in [0.1, 0.15) is 32.8 Å². The lowest BCUT2D eigenvalue weighted by molar-refractivity contribution is -0.136. The molecule has 0 bridgehead atoms. The Bertz CT molecular complexity index is 471. The maximum atomic E-state index is 12.8. The van der Waals surface area contributed by atoms with Crippen LogP contribution in [0.3, 0.4) is 0 Å². The number of rotatable bonds is 2. The number of carbonyl (C=O) groups excluding carboxylic acids is 1. The van der Waals surface area contributed by atoms with Crippen LogP contribution in [0, 0.1) is 0 Å². The molecule has 0 aliphatic carbocycles. The minimum atomic E-state index is -0.944. The van der Waals surface area contributed by atoms with Crippen LogP contribution in [0.5, 0.6) is 0 Å². The third-order valence-corrected chi connectivity index (χ3v) is 5.32. The van der Waals surface area contributed by atoms with Crippen molar-refractivity contribution in [3.63, 3.8) is 0 Å². The van der Waals surface area contributed by atoms with Gasteiger partial charge in [0.1, 0.15) is 5.54 Å². The van der Waals surface area contributed by atoms with E-state index in [4.69, 9.17) is 5.73 Å². The van der Waals surface area contributed by atoms with E-state index in [0.29, 0.717) is 0 Å². The van der Waals surface area contributed by atoms with Gasteiger partial charge in [0, 0.05) is 23.6 Å². The highest BCUT2D eigenvalue weighted by atomic mass is 32.2. The van der Waals surface area contributed by atoms with Gasteiger partial charge in [-0.2, -0.15) is 11.8 Å². The van der Waals surface area contributed by atoms with Crippen LogP contribution in [0.4, 0.5) is 0 Å². The molecule has 1 heterocycles. The second-order valence-corrected chi connectivity index (χ2v) is 8.02. The Hall–Kier alpha value is -1.00. The Balaban J connectivity index is 2.14. The van der Waals surface area contributed by atoms with Crippen LogP contribution in [-0.2, 0) is 10.3 Å². The summed E-state index contributed by atoms with van der Waals surface area (Å²) in [6, 6.07) is 9.64. The van der Waals surface area contributed by atoms with Gasteiger partial charge in [0.15, 0.2) is 0 Å². The summed E-state index contributed by atoms with van der Waals surface area (Å²) in [5.41, 5.74) is 6.27. The summed E-state index contributed by atoms with van der Waals surface area (Å²) in [5.74, 6) is 1.01. The molecule has 0 aromatic heterocycles. The average Bonchev–Trinajstić information content (AvgIpc) is 2.60. The molecule has 0 spiro atoms. The molecule has 1 aromatic carbocycles. The van der Waals surface area contributed by atoms with E-state index in [1.54, 1.807) is 0 Å². The lowest BCUT2D eigenvalue weighted by atomic mass is 9.91. The minimum absolute atomic E-state index is 0.0296. The zero-order chi connectivity index (χ0) is 14.8. The maximum Gasteiger partial charge on any atom is 0.247 e. The number of hydrogen-bond donors (Lipinski definition) is 1. The maximum absolute atomic E-state index is 12.8. The van der Waals surface area contributed by atoms with Gasteiger partial charge in [-0.25, -0.2) is 0 Å². The van der Waals surface area contributed by atoms with Gasteiger partial charge in [0.05, 0.1) is 0 Å². The molecule has 3 nitrogen and oxygen atoms in total. The van der Waals surface area contributed by atoms with Crippen molar-refractivity contribution in [3.05, 3.63) is 35.9 Å². The first kappa shape index (κ1) is 15.4. The SMILES string of the molecule is CC1(C)CCN(C(=O)C(C)(N)c2ccccc2)CCS1. The molecule has 110 valence electrons. The second-order valence-electron chi connectivity index (χ2n) is 6.22. The van der Waals surface area contributed by atoms with Gasteiger partial charge in [-0.05, 0) is 18.9 Å². The molecule has 1 aliphatic rings. The van der Waals surface area contributed by atoms with Crippen molar-refractivity contribution in [1.82, 2.24) is 4.90 Å². The lowest BCUT2D eigenvalue weighted by Crippen LogP contribution is -2.51. The van der Waals surface area contributed by atoms with E-state index >= 15 is 0 Å². The molecule has 1 unspecified atom stereocenters. The van der Waals surface area contributed by atoms with E-state index in [0.717, 1.165) is 30.8 Å². The van der Waals surface area contributed by atoms with Crippen LogP contribution < -0.4 is 5.73 Å². The smallest absolute Gasteiger partial charge is 0.247 e. The van der Waals surface area contributed by atoms with Crippen molar-refractivity contribution in [2.24, 2.45) is 5.73 Å². The Kier molecular flexibility index (Phi) is 4.45. The summed E-state index contributed by atoms with van der Waals surface area (Å²) >= 11 is 1.93. The zero-order valence-corrected chi connectivity index (χ0v) is 13.4. The molecule has 1 fully saturated rings. The fraction of sp³-hybridized carbons (Fsp3) is 0.562. The highest BCUT2D eigenvalue weighted by Crippen LogP contribution is 2.32. The van der Waals surface area contributed by atoms with E-state index in [1.807, 2.05) is 53.9 Å². The molecule has 0 saturated carbocycles. The summed E-state index contributed by atoms with van der Waals surface area (Å²) < 4.78 is 0.243. The second kappa shape index (κ2) is 5.78. The molecule has 1 aromatic rings. The number of amides is 1. The van der Waals surface area contributed by atoms with Crippen LogP contribution in [0.25, 0.3) is 0 Å². The first-order valence-corrected chi connectivity index (χ1v) is 8.09. The average molecular weight is 292 g/mol. The molecule has 20 heavy (non-hydrogen) atoms. The number of thioether (sulfide) groups is 1. The molecule has 4 heteroatoms. The Labute approximate surface area is 125 Å². The topological polar surface area (TPSA) is 46.3 Å². The Morgan fingerprint density at radius 1 is 1.30 bits per heavy atom. The molecule has 1 atom stereocenters. The molecule has 2 rings (SSSR count). The molecule has 0 radical (unpaired) electrons. The first-order valence-electron chi connectivity index (χ1n) is 7.11. The highest BCUT2D eigenvalue weighted by molar-refractivity contribution is 8.00. The van der Waals surface area contributed by atoms with Gasteiger partial charge in [-0.15, -0.1) is 0 Å². The Morgan fingerprint density at radius 2 is 1.95 bits per heavy atom. The van der Waals surface area contributed by atoms with Gasteiger partial charge < -0.3 is 10.6 Å². The third-order valence-electron chi connectivity index (χ3n) is 3.94. The van der Waals surface area contributed by atoms with Crippen molar-refractivity contribution >= 4 is 17.7 Å². The number of benzene rings is 1. The first-order chi connectivity index (χ1) is 9.33. The summed E-state index contributed by atoms with van der Waals surface area (Å²) in [6.45, 7) is 7.87. The minimum Gasteiger partial charge on any atom is -0.340 e. The summed E-state index contributed by atoms with van der Waals surface area (Å²) in [4.78, 5) is 14.7. The normalized spacial score (nSPS) is 21.9. The molecule has 2 N–H and O–H groups in total. The number of nitrogens with zero attached hydrogens (tertiary/aromatic N) is 1. The number of carbonyl (C=O) groups is 1. The van der Waals surface area contributed by atoms with Gasteiger partial charge >= 0.3 is 0 Å². The van der Waals surface area contributed by atoms with Crippen LogP contribution >= 0.6 is 11.8 Å². The van der Waals surface area contributed by atoms with Gasteiger partial charge in [-0.1, -0.05) is 44.2 Å². The van der Waals surface area contributed by atoms with E-state index in [-0.39, 0.29) is 10.7 Å². The van der Waals surface area contributed by atoms with Crippen molar-refractivity contribution in [1.29, 1.82) is 0 Å². The Morgan fingerprint density at radius 3 is 2.60 bits per heavy atom. The zero-order valence-electron chi connectivity index (χ0n) is 12.6. The fourth-order valence-electron chi connectivity index (χ4n) is 2.46. The molecule has 1 amide bonds. The molecular weight excluding hydrogens is 268 g/mol. The summed E-state index contributed by atoms with van der Waals surface area (Å²) in [7, 11) is 0. The lowest BCUT2D eigenvalue weighted by Gasteiger charge is -2.31. The highest BCUT2D eigenvalue weighted by Gasteiger charge is 2.36. The van der Waals surface area contributed by atoms with E-state index in [9.17, 15) is 4.79 Å². The molecular formula is C16H24N2OS. The van der Waals surface area contributed by atoms with Crippen molar-refractivity contribution < 1.29 is 4.79 Å². The van der Waals surface area contributed by atoms with Crippen LogP contribution in [-0.4, -0.2) is 34.4 Å². The molecule has 1 aliphatic heterocycles. The van der Waals surface area contributed by atoms with E-state index < -0.39 is 5.54 Å². The largest absolute Gasteiger partial charge is 0.340 e. The van der Waals surface area contributed by atoms with Gasteiger partial charge in [0.25, 0.3) is 0 Å². The predicted molar refractivity (Wildman–Crippen MR) is 85.7 cm³/mol. The quantitative estimate of drug-likeness (QED) is 0.911. The standard InChI is InChI=1S/C16H24N2OS/c1-15(2)9-10-18(11-12-20-15)14(19)16(3,17)13-7-5-4-6-8-13/h4-8H,9-12,17H2,1-3H3. The van der Waals surface area contributed by atoms with Gasteiger partial charge in [-0.3, -0.25) is 4.79 Å². The fourth-order valence-corrected chi connectivity index (χ4v) is 3.56. The summed E-state index contributed by atoms with van der Waals surface area (Å²) in [5, 5.41) is 0. The van der Waals surface area contributed by atoms with Gasteiger partial charge in [0.2, 0.25) is 5.91 Å². The van der Waals surface area contributed by atoms with Crippen molar-refractivity contribution in [3.8, 4) is 0 Å². The van der Waals surface area contributed by atoms with Crippen LogP contribution in [0.2, 0.25) is 0 Å². The monoisotopic (exact) mass is 292 g/mol. The number of hydrogen-bond acceptors (Lipinski definition) is 3. The van der Waals surface area contributed by atoms with E-state index in [2.05, 4.69) is 13.8 Å². The number of nitrogens with two attached hydrogens (primary N) is 1. The van der Waals surface area contributed by atoms with Crippen molar-refractivity contribution in [2.75, 3.05) is 18.8 Å².